The standard InChI is InChI=1S/C11H17BrN2S/c1-8-5-10(15-11(8)12)7-14-4-3-13-6-9(14)2/h5,9,13H,3-4,6-7H2,1-2H3/t9-/m0/s1. The zero-order valence-corrected chi connectivity index (χ0v) is 11.6. The minimum Gasteiger partial charge on any atom is -0.314 e. The lowest BCUT2D eigenvalue weighted by Gasteiger charge is -2.33. The third-order valence-corrected chi connectivity index (χ3v) is 5.03. The van der Waals surface area contributed by atoms with Gasteiger partial charge in [0.25, 0.3) is 0 Å². The molecule has 1 fully saturated rings. The Kier molecular flexibility index (Phi) is 3.83. The second-order valence-corrected chi connectivity index (χ2v) is 6.65. The van der Waals surface area contributed by atoms with Gasteiger partial charge in [0, 0.05) is 37.1 Å². The third kappa shape index (κ3) is 2.81. The molecule has 1 aliphatic heterocycles. The van der Waals surface area contributed by atoms with Crippen LogP contribution in [0.25, 0.3) is 0 Å². The van der Waals surface area contributed by atoms with Gasteiger partial charge in [0.2, 0.25) is 0 Å². The van der Waals surface area contributed by atoms with E-state index < -0.39 is 0 Å². The van der Waals surface area contributed by atoms with Gasteiger partial charge in [-0.2, -0.15) is 0 Å². The van der Waals surface area contributed by atoms with Crippen LogP contribution in [0.5, 0.6) is 0 Å². The number of halogens is 1. The zero-order valence-electron chi connectivity index (χ0n) is 9.22. The molecule has 1 aliphatic rings. The Morgan fingerprint density at radius 1 is 1.67 bits per heavy atom. The van der Waals surface area contributed by atoms with E-state index >= 15 is 0 Å². The molecule has 1 N–H and O–H groups in total. The summed E-state index contributed by atoms with van der Waals surface area (Å²) in [6, 6.07) is 2.95. The lowest BCUT2D eigenvalue weighted by molar-refractivity contribution is 0.167. The lowest BCUT2D eigenvalue weighted by atomic mass is 10.2. The maximum absolute atomic E-state index is 3.58. The van der Waals surface area contributed by atoms with Crippen LogP contribution < -0.4 is 5.32 Å². The van der Waals surface area contributed by atoms with Gasteiger partial charge in [-0.05, 0) is 41.4 Å². The van der Waals surface area contributed by atoms with Crippen molar-refractivity contribution in [1.82, 2.24) is 10.2 Å². The average Bonchev–Trinajstić information content (AvgIpc) is 2.50. The van der Waals surface area contributed by atoms with Crippen LogP contribution in [0.15, 0.2) is 9.85 Å². The minimum absolute atomic E-state index is 0.653. The van der Waals surface area contributed by atoms with Gasteiger partial charge >= 0.3 is 0 Å². The molecule has 0 aromatic carbocycles. The Labute approximate surface area is 104 Å². The number of hydrogen-bond acceptors (Lipinski definition) is 3. The van der Waals surface area contributed by atoms with Crippen LogP contribution in [0, 0.1) is 6.92 Å². The minimum atomic E-state index is 0.653. The van der Waals surface area contributed by atoms with E-state index in [0.29, 0.717) is 6.04 Å². The Hall–Kier alpha value is 0.100. The quantitative estimate of drug-likeness (QED) is 0.900. The van der Waals surface area contributed by atoms with Crippen LogP contribution in [0.4, 0.5) is 0 Å². The lowest BCUT2D eigenvalue weighted by Crippen LogP contribution is -2.49. The molecule has 1 atom stereocenters. The van der Waals surface area contributed by atoms with Gasteiger partial charge in [0.05, 0.1) is 3.79 Å². The summed E-state index contributed by atoms with van der Waals surface area (Å²) in [5.41, 5.74) is 1.36. The van der Waals surface area contributed by atoms with Crippen molar-refractivity contribution in [2.45, 2.75) is 26.4 Å². The number of nitrogens with one attached hydrogen (secondary N) is 1. The topological polar surface area (TPSA) is 15.3 Å². The van der Waals surface area contributed by atoms with Gasteiger partial charge in [-0.1, -0.05) is 0 Å². The predicted molar refractivity (Wildman–Crippen MR) is 69.5 cm³/mol. The number of piperazine rings is 1. The van der Waals surface area contributed by atoms with Crippen LogP contribution >= 0.6 is 27.3 Å². The van der Waals surface area contributed by atoms with Crippen LogP contribution in [0.1, 0.15) is 17.4 Å². The maximum atomic E-state index is 3.58. The molecule has 0 radical (unpaired) electrons. The van der Waals surface area contributed by atoms with E-state index in [9.17, 15) is 0 Å². The van der Waals surface area contributed by atoms with Crippen molar-refractivity contribution in [3.63, 3.8) is 0 Å². The fraction of sp³-hybridized carbons (Fsp3) is 0.636. The van der Waals surface area contributed by atoms with Gasteiger partial charge in [0.15, 0.2) is 0 Å². The summed E-state index contributed by atoms with van der Waals surface area (Å²) in [6.07, 6.45) is 0. The summed E-state index contributed by atoms with van der Waals surface area (Å²) in [5, 5.41) is 3.42. The fourth-order valence-corrected chi connectivity index (χ4v) is 3.57. The van der Waals surface area contributed by atoms with Gasteiger partial charge in [-0.3, -0.25) is 4.90 Å². The molecule has 84 valence electrons. The van der Waals surface area contributed by atoms with Crippen LogP contribution in [-0.4, -0.2) is 30.6 Å². The molecule has 1 aromatic rings. The molecule has 4 heteroatoms. The summed E-state index contributed by atoms with van der Waals surface area (Å²) in [5.74, 6) is 0. The highest BCUT2D eigenvalue weighted by Crippen LogP contribution is 2.28. The van der Waals surface area contributed by atoms with E-state index in [0.717, 1.165) is 26.2 Å². The molecule has 1 aromatic heterocycles. The van der Waals surface area contributed by atoms with E-state index in [4.69, 9.17) is 0 Å². The molecular weight excluding hydrogens is 272 g/mol. The Morgan fingerprint density at radius 2 is 2.47 bits per heavy atom. The summed E-state index contributed by atoms with van der Waals surface area (Å²) < 4.78 is 1.28. The fourth-order valence-electron chi connectivity index (χ4n) is 1.92. The normalized spacial score (nSPS) is 23.3. The SMILES string of the molecule is Cc1cc(CN2CCNC[C@@H]2C)sc1Br. The van der Waals surface area contributed by atoms with Crippen molar-refractivity contribution in [3.05, 3.63) is 20.3 Å². The van der Waals surface area contributed by atoms with E-state index in [1.165, 1.54) is 14.2 Å². The molecule has 0 aliphatic carbocycles. The number of rotatable bonds is 2. The van der Waals surface area contributed by atoms with E-state index in [2.05, 4.69) is 46.1 Å². The van der Waals surface area contributed by atoms with E-state index in [1.807, 2.05) is 11.3 Å². The molecule has 2 rings (SSSR count). The molecule has 2 heterocycles. The highest BCUT2D eigenvalue weighted by Gasteiger charge is 2.18. The molecule has 1 saturated heterocycles. The first-order valence-corrected chi connectivity index (χ1v) is 6.97. The Bertz CT molecular complexity index is 318. The molecular formula is C11H17BrN2S. The first-order valence-electron chi connectivity index (χ1n) is 5.36. The maximum Gasteiger partial charge on any atom is 0.0730 e. The largest absolute Gasteiger partial charge is 0.314 e. The number of nitrogens with zero attached hydrogens (tertiary/aromatic N) is 1. The van der Waals surface area contributed by atoms with Crippen LogP contribution in [-0.2, 0) is 6.54 Å². The molecule has 0 saturated carbocycles. The zero-order chi connectivity index (χ0) is 10.8. The van der Waals surface area contributed by atoms with Gasteiger partial charge < -0.3 is 5.32 Å². The number of hydrogen-bond donors (Lipinski definition) is 1. The van der Waals surface area contributed by atoms with Crippen LogP contribution in [0.2, 0.25) is 0 Å². The molecule has 0 unspecified atom stereocenters. The van der Waals surface area contributed by atoms with Crippen molar-refractivity contribution < 1.29 is 0 Å². The Morgan fingerprint density at radius 3 is 3.07 bits per heavy atom. The van der Waals surface area contributed by atoms with Crippen LogP contribution in [0.3, 0.4) is 0 Å². The van der Waals surface area contributed by atoms with Gasteiger partial charge in [-0.15, -0.1) is 11.3 Å². The van der Waals surface area contributed by atoms with Gasteiger partial charge in [0.1, 0.15) is 0 Å². The first-order chi connectivity index (χ1) is 7.16. The summed E-state index contributed by atoms with van der Waals surface area (Å²) in [4.78, 5) is 4.02. The highest BCUT2D eigenvalue weighted by molar-refractivity contribution is 9.11. The molecule has 0 amide bonds. The van der Waals surface area contributed by atoms with Gasteiger partial charge in [-0.25, -0.2) is 0 Å². The second-order valence-electron chi connectivity index (χ2n) is 4.19. The highest BCUT2D eigenvalue weighted by atomic mass is 79.9. The summed E-state index contributed by atoms with van der Waals surface area (Å²) in [7, 11) is 0. The van der Waals surface area contributed by atoms with Crippen molar-refractivity contribution in [3.8, 4) is 0 Å². The monoisotopic (exact) mass is 288 g/mol. The molecule has 2 nitrogen and oxygen atoms in total. The summed E-state index contributed by atoms with van der Waals surface area (Å²) >= 11 is 5.45. The van der Waals surface area contributed by atoms with E-state index in [-0.39, 0.29) is 0 Å². The molecule has 15 heavy (non-hydrogen) atoms. The second kappa shape index (κ2) is 4.95. The van der Waals surface area contributed by atoms with Crippen molar-refractivity contribution in [2.24, 2.45) is 0 Å². The predicted octanol–water partition coefficient (Wildman–Crippen LogP) is 2.61. The average molecular weight is 289 g/mol. The molecule has 0 spiro atoms. The molecule has 0 bridgehead atoms. The summed E-state index contributed by atoms with van der Waals surface area (Å²) in [6.45, 7) is 8.95. The smallest absolute Gasteiger partial charge is 0.0730 e. The van der Waals surface area contributed by atoms with Crippen molar-refractivity contribution >= 4 is 27.3 Å². The number of aryl methyl sites for hydroxylation is 1. The Balaban J connectivity index is 2.01. The van der Waals surface area contributed by atoms with Crippen molar-refractivity contribution in [2.75, 3.05) is 19.6 Å². The third-order valence-electron chi connectivity index (χ3n) is 2.91. The first kappa shape index (κ1) is 11.6. The number of thiophene rings is 1. The van der Waals surface area contributed by atoms with Crippen molar-refractivity contribution in [1.29, 1.82) is 0 Å². The van der Waals surface area contributed by atoms with E-state index in [1.54, 1.807) is 0 Å².